The molecule has 0 fully saturated rings. The van der Waals surface area contributed by atoms with Gasteiger partial charge < -0.3 is 14.6 Å². The van der Waals surface area contributed by atoms with E-state index >= 15 is 0 Å². The van der Waals surface area contributed by atoms with Gasteiger partial charge >= 0.3 is 11.9 Å². The van der Waals surface area contributed by atoms with Crippen LogP contribution in [0.3, 0.4) is 0 Å². The molecule has 0 saturated carbocycles. The molecule has 0 spiro atoms. The number of aliphatic hydroxyl groups is 1. The quantitative estimate of drug-likeness (QED) is 0.0373. The zero-order chi connectivity index (χ0) is 66.1. The smallest absolute Gasteiger partial charge is 0.306 e. The highest BCUT2D eigenvalue weighted by Crippen LogP contribution is 2.11. The van der Waals surface area contributed by atoms with Crippen LogP contribution in [0.15, 0.2) is 279 Å². The zero-order valence-corrected chi connectivity index (χ0v) is 57.7. The van der Waals surface area contributed by atoms with Gasteiger partial charge in [-0.3, -0.25) is 9.59 Å². The predicted octanol–water partition coefficient (Wildman–Crippen LogP) is 25.5. The molecule has 0 aliphatic rings. The molecule has 1 N–H and O–H groups in total. The van der Waals surface area contributed by atoms with Gasteiger partial charge in [-0.25, -0.2) is 0 Å². The third-order valence-corrected chi connectivity index (χ3v) is 13.7. The van der Waals surface area contributed by atoms with E-state index in [1.54, 1.807) is 0 Å². The van der Waals surface area contributed by atoms with Crippen molar-refractivity contribution in [1.82, 2.24) is 0 Å². The maximum atomic E-state index is 12.4. The van der Waals surface area contributed by atoms with Crippen LogP contribution in [-0.4, -0.2) is 36.4 Å². The number of carbonyl (C=O) groups excluding carboxylic acids is 2. The molecule has 0 aliphatic carbocycles. The van der Waals surface area contributed by atoms with E-state index in [1.165, 1.54) is 0 Å². The molecule has 0 amide bonds. The van der Waals surface area contributed by atoms with Crippen molar-refractivity contribution < 1.29 is 24.2 Å². The number of rotatable bonds is 61. The Balaban J connectivity index is 3.75. The lowest BCUT2D eigenvalue weighted by Gasteiger charge is -2.15. The largest absolute Gasteiger partial charge is 0.462 e. The highest BCUT2D eigenvalue weighted by molar-refractivity contribution is 5.70. The molecule has 0 rings (SSSR count). The standard InChI is InChI=1S/C87H126O5/c1-3-5-7-9-11-13-15-17-19-21-23-25-27-29-31-33-35-37-39-41-42-43-44-46-48-50-52-54-56-58-60-62-64-66-68-70-72-74-76-78-80-82-87(90)92-85(83-88)84-91-86(89)81-79-77-75-73-71-69-67-65-63-61-59-57-55-53-51-49-47-45-40-38-36-34-32-30-28-26-24-22-20-18-16-14-12-10-8-6-4-2/h5-8,11-14,17-20,23-26,29-32,35-38,41-42,44-47,50-53,56-59,62-65,68-71,85,88H,3-4,9-10,15-16,21-22,27-28,33-34,39-40,43,48-49,54-55,60-61,66-67,72-84H2,1-2H3/b7-5-,8-6-,13-11-,14-12-,19-17-,20-18-,25-23-,26-24-,31-29-,32-30-,37-35-,38-36-,42-41-,46-44-,47-45-,52-50-,53-51-,58-56-,59-57-,64-62-,65-63-,70-68-,71-69-. The molecule has 0 aromatic carbocycles. The van der Waals surface area contributed by atoms with Crippen molar-refractivity contribution >= 4 is 11.9 Å². The highest BCUT2D eigenvalue weighted by atomic mass is 16.6. The Morgan fingerprint density at radius 3 is 0.652 bits per heavy atom. The summed E-state index contributed by atoms with van der Waals surface area (Å²) in [5.74, 6) is -0.683. The van der Waals surface area contributed by atoms with Crippen LogP contribution in [0.5, 0.6) is 0 Å². The first-order chi connectivity index (χ1) is 45.6. The van der Waals surface area contributed by atoms with Gasteiger partial charge in [-0.15, -0.1) is 0 Å². The minimum atomic E-state index is -0.825. The van der Waals surface area contributed by atoms with E-state index in [2.05, 4.69) is 293 Å². The molecule has 0 saturated heterocycles. The maximum Gasteiger partial charge on any atom is 0.306 e. The molecule has 0 aromatic heterocycles. The Labute approximate surface area is 564 Å². The lowest BCUT2D eigenvalue weighted by Crippen LogP contribution is -2.28. The number of unbranched alkanes of at least 4 members (excludes halogenated alkanes) is 7. The van der Waals surface area contributed by atoms with Crippen molar-refractivity contribution in [2.75, 3.05) is 13.2 Å². The molecule has 0 radical (unpaired) electrons. The van der Waals surface area contributed by atoms with Crippen molar-refractivity contribution in [1.29, 1.82) is 0 Å². The lowest BCUT2D eigenvalue weighted by molar-refractivity contribution is -0.161. The van der Waals surface area contributed by atoms with E-state index in [0.717, 1.165) is 205 Å². The minimum absolute atomic E-state index is 0.114. The van der Waals surface area contributed by atoms with E-state index in [0.29, 0.717) is 12.8 Å². The molecule has 1 unspecified atom stereocenters. The van der Waals surface area contributed by atoms with Gasteiger partial charge in [-0.1, -0.05) is 313 Å². The van der Waals surface area contributed by atoms with Crippen molar-refractivity contribution in [2.24, 2.45) is 0 Å². The van der Waals surface area contributed by atoms with Gasteiger partial charge in [0.05, 0.1) is 6.61 Å². The van der Waals surface area contributed by atoms with Crippen molar-refractivity contribution in [3.05, 3.63) is 279 Å². The van der Waals surface area contributed by atoms with Crippen LogP contribution in [0.1, 0.15) is 232 Å². The number of hydrogen-bond donors (Lipinski definition) is 1. The molecule has 504 valence electrons. The summed E-state index contributed by atoms with van der Waals surface area (Å²) in [6, 6.07) is 0. The number of hydrogen-bond acceptors (Lipinski definition) is 5. The molecule has 0 aromatic rings. The normalized spacial score (nSPS) is 14.0. The summed E-state index contributed by atoms with van der Waals surface area (Å²) in [6.07, 6.45) is 133. The Kier molecular flexibility index (Phi) is 72.1. The fourth-order valence-electron chi connectivity index (χ4n) is 8.48. The van der Waals surface area contributed by atoms with Crippen LogP contribution in [0.25, 0.3) is 0 Å². The van der Waals surface area contributed by atoms with E-state index in [-0.39, 0.29) is 25.2 Å². The molecule has 5 nitrogen and oxygen atoms in total. The second kappa shape index (κ2) is 78.2. The van der Waals surface area contributed by atoms with E-state index < -0.39 is 6.10 Å². The Morgan fingerprint density at radius 2 is 0.435 bits per heavy atom. The van der Waals surface area contributed by atoms with Crippen molar-refractivity contribution in [3.8, 4) is 0 Å². The van der Waals surface area contributed by atoms with Gasteiger partial charge in [-0.2, -0.15) is 0 Å². The number of carbonyl (C=O) groups is 2. The van der Waals surface area contributed by atoms with Crippen molar-refractivity contribution in [2.45, 2.75) is 238 Å². The van der Waals surface area contributed by atoms with Gasteiger partial charge in [0.2, 0.25) is 0 Å². The number of ether oxygens (including phenoxy) is 2. The van der Waals surface area contributed by atoms with Gasteiger partial charge in [0.1, 0.15) is 6.61 Å². The van der Waals surface area contributed by atoms with Gasteiger partial charge in [0.15, 0.2) is 6.10 Å². The third kappa shape index (κ3) is 75.4. The summed E-state index contributed by atoms with van der Waals surface area (Å²) in [6.45, 7) is 3.84. The molecular formula is C87H126O5. The molecule has 1 atom stereocenters. The van der Waals surface area contributed by atoms with E-state index in [1.807, 2.05) is 0 Å². The number of allylic oxidation sites excluding steroid dienone is 46. The van der Waals surface area contributed by atoms with E-state index in [4.69, 9.17) is 9.47 Å². The second-order valence-electron chi connectivity index (χ2n) is 22.1. The molecule has 5 heteroatoms. The lowest BCUT2D eigenvalue weighted by atomic mass is 10.1. The average Bonchev–Trinajstić information content (AvgIpc) is 3.64. The molecule has 92 heavy (non-hydrogen) atoms. The monoisotopic (exact) mass is 1250 g/mol. The Bertz CT molecular complexity index is 2410. The molecular weight excluding hydrogens is 1120 g/mol. The SMILES string of the molecule is CC/C=C\C/C=C\C/C=C\C/C=C\C/C=C\C/C=C\C/C=C\C/C=C\C/C=C\C/C=C\C/C=C\C/C=C\CCCCCCC(=O)OC(CO)COC(=O)CCCCC/C=C\C/C=C\C/C=C\C/C=C\C/C=C\C/C=C\C/C=C\C/C=C\C/C=C\C/C=C\C/C=C\CC. The predicted molar refractivity (Wildman–Crippen MR) is 406 cm³/mol. The summed E-state index contributed by atoms with van der Waals surface area (Å²) in [4.78, 5) is 24.6. The van der Waals surface area contributed by atoms with Crippen LogP contribution < -0.4 is 0 Å². The Hall–Kier alpha value is -7.08. The van der Waals surface area contributed by atoms with Gasteiger partial charge in [0, 0.05) is 12.8 Å². The topological polar surface area (TPSA) is 72.8 Å². The molecule has 0 heterocycles. The Morgan fingerprint density at radius 1 is 0.250 bits per heavy atom. The third-order valence-electron chi connectivity index (χ3n) is 13.7. The van der Waals surface area contributed by atoms with Crippen molar-refractivity contribution in [3.63, 3.8) is 0 Å². The van der Waals surface area contributed by atoms with Crippen LogP contribution in [-0.2, 0) is 19.1 Å². The summed E-state index contributed by atoms with van der Waals surface area (Å²) in [5, 5.41) is 9.70. The van der Waals surface area contributed by atoms with Gasteiger partial charge in [-0.05, 0) is 186 Å². The first kappa shape index (κ1) is 84.9. The average molecular weight is 1250 g/mol. The summed E-state index contributed by atoms with van der Waals surface area (Å²) in [5.41, 5.74) is 0. The zero-order valence-electron chi connectivity index (χ0n) is 57.7. The first-order valence-electron chi connectivity index (χ1n) is 35.5. The van der Waals surface area contributed by atoms with E-state index in [9.17, 15) is 14.7 Å². The fourth-order valence-corrected chi connectivity index (χ4v) is 8.48. The summed E-state index contributed by atoms with van der Waals surface area (Å²) in [7, 11) is 0. The minimum Gasteiger partial charge on any atom is -0.462 e. The van der Waals surface area contributed by atoms with Crippen LogP contribution in [0, 0.1) is 0 Å². The first-order valence-corrected chi connectivity index (χ1v) is 35.5. The number of esters is 2. The summed E-state index contributed by atoms with van der Waals surface area (Å²) < 4.78 is 10.7. The summed E-state index contributed by atoms with van der Waals surface area (Å²) >= 11 is 0. The number of aliphatic hydroxyl groups excluding tert-OH is 1. The molecule has 0 bridgehead atoms. The second-order valence-corrected chi connectivity index (χ2v) is 22.1. The fraction of sp³-hybridized carbons (Fsp3) is 0.448. The molecule has 0 aliphatic heterocycles. The van der Waals surface area contributed by atoms with Crippen LogP contribution >= 0.6 is 0 Å². The highest BCUT2D eigenvalue weighted by Gasteiger charge is 2.16. The van der Waals surface area contributed by atoms with Crippen LogP contribution in [0.4, 0.5) is 0 Å². The van der Waals surface area contributed by atoms with Crippen LogP contribution in [0.2, 0.25) is 0 Å². The van der Waals surface area contributed by atoms with Gasteiger partial charge in [0.25, 0.3) is 0 Å². The maximum absolute atomic E-state index is 12.4.